The van der Waals surface area contributed by atoms with E-state index in [1.807, 2.05) is 4.90 Å². The van der Waals surface area contributed by atoms with Crippen molar-refractivity contribution in [2.45, 2.75) is 26.3 Å². The Bertz CT molecular complexity index is 425. The number of nitrogens with one attached hydrogen (secondary N) is 1. The average molecular weight is 276 g/mol. The van der Waals surface area contributed by atoms with E-state index in [0.717, 1.165) is 13.1 Å². The van der Waals surface area contributed by atoms with Gasteiger partial charge in [-0.2, -0.15) is 0 Å². The van der Waals surface area contributed by atoms with Crippen molar-refractivity contribution in [2.24, 2.45) is 0 Å². The number of aryl methyl sites for hydroxylation is 1. The first-order valence-electron chi connectivity index (χ1n) is 7.32. The highest BCUT2D eigenvalue weighted by Crippen LogP contribution is 2.12. The summed E-state index contributed by atoms with van der Waals surface area (Å²) in [5, 5.41) is 3.41. The summed E-state index contributed by atoms with van der Waals surface area (Å²) in [5.41, 5.74) is 2.53. The lowest BCUT2D eigenvalue weighted by atomic mass is 10.1. The molecule has 0 saturated carbocycles. The molecule has 110 valence electrons. The van der Waals surface area contributed by atoms with Gasteiger partial charge < -0.3 is 15.0 Å². The number of hydrogen-bond donors (Lipinski definition) is 1. The van der Waals surface area contributed by atoms with Crippen LogP contribution < -0.4 is 5.32 Å². The fourth-order valence-electron chi connectivity index (χ4n) is 2.34. The first kappa shape index (κ1) is 15.0. The standard InChI is InChI=1S/C16H24N2O2/c1-13-3-5-15(6-4-13)14(2)17-8-7-16(19)18-9-11-20-12-10-18/h3-6,14,17H,7-12H2,1-2H3. The molecule has 20 heavy (non-hydrogen) atoms. The number of benzene rings is 1. The first-order valence-corrected chi connectivity index (χ1v) is 7.32. The predicted octanol–water partition coefficient (Wildman–Crippen LogP) is 1.89. The lowest BCUT2D eigenvalue weighted by Gasteiger charge is -2.27. The van der Waals surface area contributed by atoms with Gasteiger partial charge in [0.2, 0.25) is 5.91 Å². The van der Waals surface area contributed by atoms with Crippen LogP contribution in [0.4, 0.5) is 0 Å². The molecule has 4 heteroatoms. The molecular formula is C16H24N2O2. The fraction of sp³-hybridized carbons (Fsp3) is 0.562. The second-order valence-electron chi connectivity index (χ2n) is 5.33. The monoisotopic (exact) mass is 276 g/mol. The van der Waals surface area contributed by atoms with E-state index in [0.29, 0.717) is 26.2 Å². The van der Waals surface area contributed by atoms with Gasteiger partial charge in [-0.1, -0.05) is 29.8 Å². The minimum atomic E-state index is 0.219. The van der Waals surface area contributed by atoms with Crippen LogP contribution >= 0.6 is 0 Å². The van der Waals surface area contributed by atoms with Crippen LogP contribution in [-0.4, -0.2) is 43.7 Å². The highest BCUT2D eigenvalue weighted by atomic mass is 16.5. The maximum atomic E-state index is 12.0. The van der Waals surface area contributed by atoms with Crippen molar-refractivity contribution < 1.29 is 9.53 Å². The van der Waals surface area contributed by atoms with Crippen molar-refractivity contribution in [3.05, 3.63) is 35.4 Å². The number of carbonyl (C=O) groups excluding carboxylic acids is 1. The van der Waals surface area contributed by atoms with Crippen molar-refractivity contribution in [3.8, 4) is 0 Å². The summed E-state index contributed by atoms with van der Waals surface area (Å²) in [6.45, 7) is 7.72. The number of amides is 1. The zero-order valence-electron chi connectivity index (χ0n) is 12.4. The molecule has 1 atom stereocenters. The number of rotatable bonds is 5. The van der Waals surface area contributed by atoms with Gasteiger partial charge in [0.1, 0.15) is 0 Å². The molecule has 0 radical (unpaired) electrons. The van der Waals surface area contributed by atoms with Crippen molar-refractivity contribution in [2.75, 3.05) is 32.8 Å². The number of ether oxygens (including phenoxy) is 1. The Morgan fingerprint density at radius 3 is 2.60 bits per heavy atom. The smallest absolute Gasteiger partial charge is 0.224 e. The van der Waals surface area contributed by atoms with Gasteiger partial charge in [0, 0.05) is 32.1 Å². The predicted molar refractivity (Wildman–Crippen MR) is 79.6 cm³/mol. The molecule has 1 saturated heterocycles. The quantitative estimate of drug-likeness (QED) is 0.893. The van der Waals surface area contributed by atoms with Crippen LogP contribution in [0.1, 0.15) is 30.5 Å². The average Bonchev–Trinajstić information content (AvgIpc) is 2.48. The summed E-state index contributed by atoms with van der Waals surface area (Å²) < 4.78 is 5.25. The van der Waals surface area contributed by atoms with E-state index < -0.39 is 0 Å². The van der Waals surface area contributed by atoms with Crippen molar-refractivity contribution in [1.29, 1.82) is 0 Å². The third-order valence-electron chi connectivity index (χ3n) is 3.73. The Hall–Kier alpha value is -1.39. The van der Waals surface area contributed by atoms with Crippen molar-refractivity contribution >= 4 is 5.91 Å². The normalized spacial score (nSPS) is 17.0. The highest BCUT2D eigenvalue weighted by molar-refractivity contribution is 5.76. The molecule has 1 heterocycles. The van der Waals surface area contributed by atoms with Gasteiger partial charge in [-0.15, -0.1) is 0 Å². The number of hydrogen-bond acceptors (Lipinski definition) is 3. The first-order chi connectivity index (χ1) is 9.66. The van der Waals surface area contributed by atoms with Crippen molar-refractivity contribution in [3.63, 3.8) is 0 Å². The Morgan fingerprint density at radius 2 is 1.95 bits per heavy atom. The number of morpholine rings is 1. The molecule has 0 bridgehead atoms. The molecule has 1 unspecified atom stereocenters. The molecule has 2 rings (SSSR count). The zero-order chi connectivity index (χ0) is 14.4. The fourth-order valence-corrected chi connectivity index (χ4v) is 2.34. The molecular weight excluding hydrogens is 252 g/mol. The minimum absolute atomic E-state index is 0.219. The van der Waals surface area contributed by atoms with E-state index in [2.05, 4.69) is 43.4 Å². The van der Waals surface area contributed by atoms with Gasteiger partial charge in [-0.25, -0.2) is 0 Å². The van der Waals surface area contributed by atoms with Crippen LogP contribution in [0.3, 0.4) is 0 Å². The number of carbonyl (C=O) groups is 1. The lowest BCUT2D eigenvalue weighted by molar-refractivity contribution is -0.135. The summed E-state index contributed by atoms with van der Waals surface area (Å²) in [6.07, 6.45) is 0.552. The summed E-state index contributed by atoms with van der Waals surface area (Å²) in [4.78, 5) is 13.9. The molecule has 0 aliphatic carbocycles. The summed E-state index contributed by atoms with van der Waals surface area (Å²) >= 11 is 0. The number of nitrogens with zero attached hydrogens (tertiary/aromatic N) is 1. The maximum absolute atomic E-state index is 12.0. The second-order valence-corrected chi connectivity index (χ2v) is 5.33. The summed E-state index contributed by atoms with van der Waals surface area (Å²) in [6, 6.07) is 8.78. The van der Waals surface area contributed by atoms with E-state index in [1.165, 1.54) is 11.1 Å². The Morgan fingerprint density at radius 1 is 1.30 bits per heavy atom. The van der Waals surface area contributed by atoms with Crippen LogP contribution in [0.2, 0.25) is 0 Å². The Balaban J connectivity index is 1.72. The molecule has 0 spiro atoms. The largest absolute Gasteiger partial charge is 0.378 e. The van der Waals surface area contributed by atoms with E-state index in [-0.39, 0.29) is 11.9 Å². The highest BCUT2D eigenvalue weighted by Gasteiger charge is 2.16. The molecule has 4 nitrogen and oxygen atoms in total. The molecule has 1 aromatic carbocycles. The Labute approximate surface area is 121 Å². The third kappa shape index (κ3) is 4.32. The Kier molecular flexibility index (Phi) is 5.56. The SMILES string of the molecule is Cc1ccc(C(C)NCCC(=O)N2CCOCC2)cc1. The molecule has 0 aromatic heterocycles. The zero-order valence-corrected chi connectivity index (χ0v) is 12.4. The lowest BCUT2D eigenvalue weighted by Crippen LogP contribution is -2.41. The van der Waals surface area contributed by atoms with Crippen LogP contribution in [0.5, 0.6) is 0 Å². The summed E-state index contributed by atoms with van der Waals surface area (Å²) in [7, 11) is 0. The van der Waals surface area contributed by atoms with Crippen LogP contribution in [0.25, 0.3) is 0 Å². The van der Waals surface area contributed by atoms with Gasteiger partial charge in [-0.3, -0.25) is 4.79 Å². The summed E-state index contributed by atoms with van der Waals surface area (Å²) in [5.74, 6) is 0.219. The van der Waals surface area contributed by atoms with E-state index in [1.54, 1.807) is 0 Å². The van der Waals surface area contributed by atoms with Crippen LogP contribution in [0.15, 0.2) is 24.3 Å². The maximum Gasteiger partial charge on any atom is 0.224 e. The van der Waals surface area contributed by atoms with E-state index in [4.69, 9.17) is 4.74 Å². The molecule has 1 amide bonds. The van der Waals surface area contributed by atoms with E-state index in [9.17, 15) is 4.79 Å². The molecule has 1 aliphatic rings. The van der Waals surface area contributed by atoms with Crippen LogP contribution in [0, 0.1) is 6.92 Å². The van der Waals surface area contributed by atoms with E-state index >= 15 is 0 Å². The second kappa shape index (κ2) is 7.41. The van der Waals surface area contributed by atoms with Gasteiger partial charge in [-0.05, 0) is 19.4 Å². The van der Waals surface area contributed by atoms with Crippen molar-refractivity contribution in [1.82, 2.24) is 10.2 Å². The molecule has 1 fully saturated rings. The topological polar surface area (TPSA) is 41.6 Å². The molecule has 1 N–H and O–H groups in total. The minimum Gasteiger partial charge on any atom is -0.378 e. The van der Waals surface area contributed by atoms with Gasteiger partial charge >= 0.3 is 0 Å². The molecule has 1 aromatic rings. The molecule has 1 aliphatic heterocycles. The van der Waals surface area contributed by atoms with Gasteiger partial charge in [0.05, 0.1) is 13.2 Å². The van der Waals surface area contributed by atoms with Crippen LogP contribution in [-0.2, 0) is 9.53 Å². The van der Waals surface area contributed by atoms with Gasteiger partial charge in [0.25, 0.3) is 0 Å². The van der Waals surface area contributed by atoms with Gasteiger partial charge in [0.15, 0.2) is 0 Å². The third-order valence-corrected chi connectivity index (χ3v) is 3.73.